The van der Waals surface area contributed by atoms with E-state index in [2.05, 4.69) is 22.4 Å². The van der Waals surface area contributed by atoms with E-state index in [-0.39, 0.29) is 11.9 Å². The number of rotatable bonds is 5. The van der Waals surface area contributed by atoms with Gasteiger partial charge in [0.2, 0.25) is 0 Å². The minimum Gasteiger partial charge on any atom is -0.380 e. The van der Waals surface area contributed by atoms with Gasteiger partial charge in [-0.2, -0.15) is 5.10 Å². The second-order valence-electron chi connectivity index (χ2n) is 7.66. The lowest BCUT2D eigenvalue weighted by molar-refractivity contribution is 0.0792. The van der Waals surface area contributed by atoms with Crippen molar-refractivity contribution in [3.63, 3.8) is 0 Å². The molecule has 4 aromatic rings. The van der Waals surface area contributed by atoms with Crippen LogP contribution in [0.5, 0.6) is 0 Å². The highest BCUT2D eigenvalue weighted by molar-refractivity contribution is 6.00. The summed E-state index contributed by atoms with van der Waals surface area (Å²) in [6, 6.07) is 24.0. The molecule has 6 heteroatoms. The molecule has 6 nitrogen and oxygen atoms in total. The van der Waals surface area contributed by atoms with E-state index >= 15 is 0 Å². The summed E-state index contributed by atoms with van der Waals surface area (Å²) < 4.78 is 1.77. The molecule has 1 aliphatic rings. The number of likely N-dealkylation sites (tertiary alicyclic amines) is 1. The topological polar surface area (TPSA) is 63.1 Å². The van der Waals surface area contributed by atoms with Crippen LogP contribution in [0, 0.1) is 0 Å². The predicted octanol–water partition coefficient (Wildman–Crippen LogP) is 4.26. The lowest BCUT2D eigenvalue weighted by Gasteiger charge is -2.17. The number of benzene rings is 2. The van der Waals surface area contributed by atoms with Crippen molar-refractivity contribution in [1.29, 1.82) is 0 Å². The van der Waals surface area contributed by atoms with Crippen LogP contribution in [0.25, 0.3) is 16.9 Å². The quantitative estimate of drug-likeness (QED) is 0.535. The van der Waals surface area contributed by atoms with Gasteiger partial charge in [-0.15, -0.1) is 0 Å². The van der Waals surface area contributed by atoms with E-state index in [1.54, 1.807) is 17.1 Å². The fourth-order valence-corrected chi connectivity index (χ4v) is 3.96. The normalized spacial score (nSPS) is 15.7. The number of pyridine rings is 1. The van der Waals surface area contributed by atoms with Gasteiger partial charge in [-0.1, -0.05) is 36.4 Å². The van der Waals surface area contributed by atoms with Crippen molar-refractivity contribution >= 4 is 11.6 Å². The zero-order valence-corrected chi connectivity index (χ0v) is 17.1. The minimum atomic E-state index is -0.00149. The molecule has 154 valence electrons. The summed E-state index contributed by atoms with van der Waals surface area (Å²) in [5.74, 6) is -0.00149. The second-order valence-corrected chi connectivity index (χ2v) is 7.66. The molecule has 2 aromatic heterocycles. The Bertz CT molecular complexity index is 1160. The van der Waals surface area contributed by atoms with Gasteiger partial charge in [0.05, 0.1) is 11.3 Å². The SMILES string of the molecule is O=C(c1cn(-c2ccccc2)nc1-c1cccnc1)N1CCC(Nc2ccccc2)C1. The third kappa shape index (κ3) is 4.05. The van der Waals surface area contributed by atoms with Crippen molar-refractivity contribution in [2.45, 2.75) is 12.5 Å². The maximum absolute atomic E-state index is 13.5. The molecule has 0 bridgehead atoms. The molecule has 3 heterocycles. The van der Waals surface area contributed by atoms with Crippen LogP contribution >= 0.6 is 0 Å². The van der Waals surface area contributed by atoms with Gasteiger partial charge < -0.3 is 10.2 Å². The highest BCUT2D eigenvalue weighted by atomic mass is 16.2. The van der Waals surface area contributed by atoms with Crippen molar-refractivity contribution in [3.8, 4) is 16.9 Å². The number of hydrogen-bond donors (Lipinski definition) is 1. The predicted molar refractivity (Wildman–Crippen MR) is 121 cm³/mol. The smallest absolute Gasteiger partial charge is 0.257 e. The first-order valence-corrected chi connectivity index (χ1v) is 10.4. The largest absolute Gasteiger partial charge is 0.380 e. The molecule has 0 radical (unpaired) electrons. The standard InChI is InChI=1S/C25H23N5O/c31-25(29-15-13-21(17-29)27-20-9-3-1-4-10-20)23-18-30(22-11-5-2-6-12-22)28-24(23)19-8-7-14-26-16-19/h1-12,14,16,18,21,27H,13,15,17H2. The third-order valence-corrected chi connectivity index (χ3v) is 5.52. The van der Waals surface area contributed by atoms with E-state index in [0.717, 1.165) is 23.4 Å². The zero-order chi connectivity index (χ0) is 21.0. The molecule has 1 unspecified atom stereocenters. The van der Waals surface area contributed by atoms with Crippen LogP contribution in [0.1, 0.15) is 16.8 Å². The molecule has 5 rings (SSSR count). The van der Waals surface area contributed by atoms with Crippen molar-refractivity contribution in [2.75, 3.05) is 18.4 Å². The van der Waals surface area contributed by atoms with Gasteiger partial charge in [0.25, 0.3) is 5.91 Å². The summed E-state index contributed by atoms with van der Waals surface area (Å²) >= 11 is 0. The Morgan fingerprint density at radius 2 is 1.74 bits per heavy atom. The number of hydrogen-bond acceptors (Lipinski definition) is 4. The molecule has 0 spiro atoms. The number of anilines is 1. The maximum Gasteiger partial charge on any atom is 0.257 e. The van der Waals surface area contributed by atoms with Gasteiger partial charge in [0.15, 0.2) is 0 Å². The highest BCUT2D eigenvalue weighted by Crippen LogP contribution is 2.26. The Balaban J connectivity index is 1.42. The van der Waals surface area contributed by atoms with E-state index in [1.807, 2.05) is 71.8 Å². The van der Waals surface area contributed by atoms with E-state index in [0.29, 0.717) is 24.3 Å². The average Bonchev–Trinajstić information content (AvgIpc) is 3.48. The molecular formula is C25H23N5O. The molecular weight excluding hydrogens is 386 g/mol. The van der Waals surface area contributed by atoms with Gasteiger partial charge in [-0.25, -0.2) is 4.68 Å². The molecule has 31 heavy (non-hydrogen) atoms. The van der Waals surface area contributed by atoms with Crippen molar-refractivity contribution in [1.82, 2.24) is 19.7 Å². The van der Waals surface area contributed by atoms with Gasteiger partial charge in [-0.05, 0) is 42.8 Å². The molecule has 1 aliphatic heterocycles. The Labute approximate surface area is 181 Å². The number of aromatic nitrogens is 3. The first-order valence-electron chi connectivity index (χ1n) is 10.4. The fraction of sp³-hybridized carbons (Fsp3) is 0.160. The molecule has 1 fully saturated rings. The molecule has 2 aromatic carbocycles. The Morgan fingerprint density at radius 3 is 2.48 bits per heavy atom. The summed E-state index contributed by atoms with van der Waals surface area (Å²) in [6.07, 6.45) is 6.21. The van der Waals surface area contributed by atoms with Crippen molar-refractivity contribution in [3.05, 3.63) is 97.0 Å². The number of amides is 1. The summed E-state index contributed by atoms with van der Waals surface area (Å²) in [5.41, 5.74) is 4.07. The summed E-state index contributed by atoms with van der Waals surface area (Å²) in [6.45, 7) is 1.38. The Kier molecular flexibility index (Phi) is 5.19. The zero-order valence-electron chi connectivity index (χ0n) is 17.1. The van der Waals surface area contributed by atoms with Crippen molar-refractivity contribution in [2.24, 2.45) is 0 Å². The van der Waals surface area contributed by atoms with Gasteiger partial charge in [0.1, 0.15) is 5.69 Å². The van der Waals surface area contributed by atoms with Crippen LogP contribution in [0.2, 0.25) is 0 Å². The van der Waals surface area contributed by atoms with Gasteiger partial charge >= 0.3 is 0 Å². The lowest BCUT2D eigenvalue weighted by Crippen LogP contribution is -2.31. The monoisotopic (exact) mass is 409 g/mol. The fourth-order valence-electron chi connectivity index (χ4n) is 3.96. The number of nitrogens with zero attached hydrogens (tertiary/aromatic N) is 4. The third-order valence-electron chi connectivity index (χ3n) is 5.52. The van der Waals surface area contributed by atoms with Crippen LogP contribution in [-0.2, 0) is 0 Å². The van der Waals surface area contributed by atoms with Crippen LogP contribution < -0.4 is 5.32 Å². The second kappa shape index (κ2) is 8.44. The molecule has 1 saturated heterocycles. The summed E-state index contributed by atoms with van der Waals surface area (Å²) in [5, 5.41) is 8.27. The molecule has 0 saturated carbocycles. The van der Waals surface area contributed by atoms with Crippen LogP contribution in [0.3, 0.4) is 0 Å². The van der Waals surface area contributed by atoms with Crippen LogP contribution in [-0.4, -0.2) is 44.7 Å². The van der Waals surface area contributed by atoms with E-state index in [4.69, 9.17) is 5.10 Å². The van der Waals surface area contributed by atoms with E-state index < -0.39 is 0 Å². The minimum absolute atomic E-state index is 0.00149. The number of nitrogens with one attached hydrogen (secondary N) is 1. The Hall–Kier alpha value is -3.93. The summed E-state index contributed by atoms with van der Waals surface area (Å²) in [4.78, 5) is 19.6. The van der Waals surface area contributed by atoms with E-state index in [1.165, 1.54) is 0 Å². The molecule has 1 atom stereocenters. The average molecular weight is 409 g/mol. The van der Waals surface area contributed by atoms with Crippen LogP contribution in [0.15, 0.2) is 91.4 Å². The first-order chi connectivity index (χ1) is 15.3. The molecule has 1 amide bonds. The number of carbonyl (C=O) groups is 1. The van der Waals surface area contributed by atoms with Crippen molar-refractivity contribution < 1.29 is 4.79 Å². The molecule has 1 N–H and O–H groups in total. The number of para-hydroxylation sites is 2. The number of carbonyl (C=O) groups excluding carboxylic acids is 1. The van der Waals surface area contributed by atoms with E-state index in [9.17, 15) is 4.79 Å². The molecule has 0 aliphatic carbocycles. The lowest BCUT2D eigenvalue weighted by atomic mass is 10.1. The Morgan fingerprint density at radius 1 is 0.968 bits per heavy atom. The van der Waals surface area contributed by atoms with Crippen LogP contribution in [0.4, 0.5) is 5.69 Å². The first kappa shape index (κ1) is 19.1. The van der Waals surface area contributed by atoms with Gasteiger partial charge in [0, 0.05) is 49.0 Å². The maximum atomic E-state index is 13.5. The highest BCUT2D eigenvalue weighted by Gasteiger charge is 2.30. The summed E-state index contributed by atoms with van der Waals surface area (Å²) in [7, 11) is 0. The van der Waals surface area contributed by atoms with Gasteiger partial charge in [-0.3, -0.25) is 9.78 Å².